The molecule has 0 saturated heterocycles. The normalized spacial score (nSPS) is 11.2. The van der Waals surface area contributed by atoms with Crippen molar-refractivity contribution in [2.24, 2.45) is 33.9 Å². The minimum atomic E-state index is 0.312. The maximum atomic E-state index is 9.80. The van der Waals surface area contributed by atoms with E-state index in [4.69, 9.17) is 44.4 Å². The number of hydrogen-bond acceptors (Lipinski definition) is 8. The monoisotopic (exact) mass is 1090 g/mol. The van der Waals surface area contributed by atoms with Crippen molar-refractivity contribution in [1.82, 2.24) is 14.8 Å². The molecule has 0 bridgehead atoms. The van der Waals surface area contributed by atoms with Crippen LogP contribution < -0.4 is 10.6 Å². The molecule has 0 amide bonds. The number of nitrogens with two attached hydrogens (primary N) is 1. The van der Waals surface area contributed by atoms with Crippen LogP contribution in [-0.4, -0.2) is 39.2 Å². The number of nitriles is 2. The van der Waals surface area contributed by atoms with Crippen molar-refractivity contribution in [3.8, 4) is 40.6 Å². The highest BCUT2D eigenvalue weighted by Gasteiger charge is 2.24. The van der Waals surface area contributed by atoms with Gasteiger partial charge in [-0.3, -0.25) is 4.57 Å². The molecule has 0 aliphatic heterocycles. The van der Waals surface area contributed by atoms with E-state index in [1.807, 2.05) is 136 Å². The molecule has 1 aromatic heterocycles. The molecule has 0 atom stereocenters. The van der Waals surface area contributed by atoms with E-state index in [-0.39, 0.29) is 0 Å². The lowest BCUT2D eigenvalue weighted by Gasteiger charge is -2.22. The number of aryl methyl sites for hydroxylation is 2. The highest BCUT2D eigenvalue weighted by atomic mass is 35.5. The van der Waals surface area contributed by atoms with E-state index in [2.05, 4.69) is 143 Å². The van der Waals surface area contributed by atoms with Crippen LogP contribution in [0.2, 0.25) is 0 Å². The van der Waals surface area contributed by atoms with Crippen molar-refractivity contribution in [3.63, 3.8) is 0 Å². The Hall–Kier alpha value is -7.82. The van der Waals surface area contributed by atoms with E-state index >= 15 is 0 Å². The summed E-state index contributed by atoms with van der Waals surface area (Å²) < 4.78 is 2.23. The highest BCUT2D eigenvalue weighted by Crippen LogP contribution is 2.36. The number of benzene rings is 7. The zero-order chi connectivity index (χ0) is 57.6. The molecule has 11 heteroatoms. The van der Waals surface area contributed by atoms with Crippen LogP contribution >= 0.6 is 23.2 Å². The van der Waals surface area contributed by atoms with Crippen molar-refractivity contribution in [2.45, 2.75) is 94.9 Å². The second-order valence-corrected chi connectivity index (χ2v) is 22.2. The number of anilines is 2. The summed E-state index contributed by atoms with van der Waals surface area (Å²) in [5.74, 6) is 3.64. The number of halogens is 2. The average Bonchev–Trinajstić information content (AvgIpc) is 3.92. The number of para-hydroxylation sites is 1. The number of hydrogen-bond donors (Lipinski definition) is 1. The Bertz CT molecular complexity index is 3280. The largest absolute Gasteiger partial charge is 0.398 e. The smallest absolute Gasteiger partial charge is 0.169 e. The summed E-state index contributed by atoms with van der Waals surface area (Å²) in [4.78, 5) is 2.08. The highest BCUT2D eigenvalue weighted by molar-refractivity contribution is 6.71. The van der Waals surface area contributed by atoms with Gasteiger partial charge in [-0.1, -0.05) is 206 Å². The predicted molar refractivity (Wildman–Crippen MR) is 335 cm³/mol. The SMILES string of the molecule is CC(C)Cc1cc(C#N)cc(CC(C)C)c1N.CN(C)c1ccccc1.Cc1ccccc1-c1nnc(-c2ccccc2)n1-c1c(CC(C)C)cc(C#N)cc1CC(C)C.Cc1ccccc1/C(Cl)=N/N=C(\Cl)c1ccccc1. The summed E-state index contributed by atoms with van der Waals surface area (Å²) in [6.07, 6.45) is 3.62. The first-order chi connectivity index (χ1) is 37.8. The summed E-state index contributed by atoms with van der Waals surface area (Å²) in [5.41, 5.74) is 21.4. The first-order valence-electron chi connectivity index (χ1n) is 27.1. The van der Waals surface area contributed by atoms with Crippen LogP contribution in [0, 0.1) is 60.2 Å². The molecule has 8 rings (SSSR count). The van der Waals surface area contributed by atoms with Gasteiger partial charge in [-0.05, 0) is 133 Å². The van der Waals surface area contributed by atoms with Crippen molar-refractivity contribution in [3.05, 3.63) is 219 Å². The van der Waals surface area contributed by atoms with Crippen LogP contribution in [0.3, 0.4) is 0 Å². The van der Waals surface area contributed by atoms with Gasteiger partial charge < -0.3 is 10.6 Å². The van der Waals surface area contributed by atoms with Crippen LogP contribution in [0.25, 0.3) is 28.5 Å². The lowest BCUT2D eigenvalue weighted by molar-refractivity contribution is 0.631. The van der Waals surface area contributed by atoms with Gasteiger partial charge in [0.15, 0.2) is 22.0 Å². The maximum Gasteiger partial charge on any atom is 0.169 e. The summed E-state index contributed by atoms with van der Waals surface area (Å²) in [5, 5.41) is 36.9. The second-order valence-electron chi connectivity index (χ2n) is 21.5. The fraction of sp³-hybridized carbons (Fsp3) is 0.294. The second kappa shape index (κ2) is 30.9. The van der Waals surface area contributed by atoms with Gasteiger partial charge in [-0.2, -0.15) is 10.5 Å². The van der Waals surface area contributed by atoms with E-state index in [0.29, 0.717) is 39.6 Å². The van der Waals surface area contributed by atoms with Crippen LogP contribution in [-0.2, 0) is 25.7 Å². The van der Waals surface area contributed by atoms with Gasteiger partial charge in [-0.15, -0.1) is 20.4 Å². The van der Waals surface area contributed by atoms with Gasteiger partial charge >= 0.3 is 0 Å². The van der Waals surface area contributed by atoms with Gasteiger partial charge in [0.25, 0.3) is 0 Å². The van der Waals surface area contributed by atoms with Gasteiger partial charge in [-0.25, -0.2) is 0 Å². The van der Waals surface area contributed by atoms with Gasteiger partial charge in [0.1, 0.15) is 0 Å². The van der Waals surface area contributed by atoms with Crippen molar-refractivity contribution in [2.75, 3.05) is 24.7 Å². The van der Waals surface area contributed by atoms with E-state index in [9.17, 15) is 5.26 Å². The first-order valence-corrected chi connectivity index (χ1v) is 27.8. The zero-order valence-corrected chi connectivity index (χ0v) is 49.6. The lowest BCUT2D eigenvalue weighted by Crippen LogP contribution is -2.12. The minimum absolute atomic E-state index is 0.312. The standard InChI is InChI=1S/C30H32N4.C15H12Cl2N2.C15H22N2.C8H11N/c1-20(2)15-25-17-23(19-31)18-26(16-21(3)4)28(25)34-29(24-12-7-6-8-13-24)32-33-30(34)27-14-10-9-11-22(27)5;1-11-7-5-6-10-13(11)15(17)19-18-14(16)12-8-3-2-4-9-12;1-10(2)5-13-7-12(9-16)8-14(15(13)17)6-11(3)4;1-9(2)8-6-4-3-5-7-8/h6-14,17-18,20-21H,15-16H2,1-5H3;2-10H,1H3;7-8,10-11H,5-6,17H2,1-4H3;3-7H,1-2H3/b;18-14-,19-15-;;. The molecule has 0 saturated carbocycles. The minimum Gasteiger partial charge on any atom is -0.398 e. The van der Waals surface area contributed by atoms with Crippen molar-refractivity contribution < 1.29 is 0 Å². The Kier molecular flexibility index (Phi) is 24.3. The lowest BCUT2D eigenvalue weighted by atomic mass is 9.91. The number of rotatable bonds is 15. The Balaban J connectivity index is 0.000000216. The Labute approximate surface area is 481 Å². The molecule has 7 aromatic carbocycles. The fourth-order valence-corrected chi connectivity index (χ4v) is 9.35. The van der Waals surface area contributed by atoms with Gasteiger partial charge in [0, 0.05) is 47.7 Å². The molecule has 9 nitrogen and oxygen atoms in total. The zero-order valence-electron chi connectivity index (χ0n) is 48.1. The Morgan fingerprint density at radius 3 is 1.39 bits per heavy atom. The predicted octanol–water partition coefficient (Wildman–Crippen LogP) is 17.0. The number of nitrogen functional groups attached to an aromatic ring is 1. The first kappa shape index (κ1) is 62.0. The number of aromatic nitrogens is 3. The third-order valence-corrected chi connectivity index (χ3v) is 13.1. The maximum absolute atomic E-state index is 9.80. The molecule has 79 heavy (non-hydrogen) atoms. The molecule has 8 aromatic rings. The van der Waals surface area contributed by atoms with Crippen LogP contribution in [0.4, 0.5) is 11.4 Å². The summed E-state index contributed by atoms with van der Waals surface area (Å²) >= 11 is 12.2. The third-order valence-electron chi connectivity index (χ3n) is 12.6. The average molecular weight is 1090 g/mol. The Morgan fingerprint density at radius 1 is 0.532 bits per heavy atom. The summed E-state index contributed by atoms with van der Waals surface area (Å²) in [6.45, 7) is 21.6. The molecule has 0 unspecified atom stereocenters. The molecular formula is C68H77Cl2N9. The molecule has 0 spiro atoms. The van der Waals surface area contributed by atoms with Crippen LogP contribution in [0.1, 0.15) is 111 Å². The van der Waals surface area contributed by atoms with Crippen LogP contribution in [0.5, 0.6) is 0 Å². The van der Waals surface area contributed by atoms with E-state index in [0.717, 1.165) is 110 Å². The number of nitrogens with zero attached hydrogens (tertiary/aromatic N) is 8. The summed E-state index contributed by atoms with van der Waals surface area (Å²) in [6, 6.07) is 58.5. The fourth-order valence-electron chi connectivity index (χ4n) is 8.94. The molecular weight excluding hydrogens is 1010 g/mol. The van der Waals surface area contributed by atoms with E-state index < -0.39 is 0 Å². The Morgan fingerprint density at radius 2 is 0.937 bits per heavy atom. The van der Waals surface area contributed by atoms with E-state index in [1.165, 1.54) is 5.69 Å². The third kappa shape index (κ3) is 18.7. The molecule has 408 valence electrons. The quantitative estimate of drug-likeness (QED) is 0.0618. The molecule has 0 aliphatic carbocycles. The molecule has 0 aliphatic rings. The van der Waals surface area contributed by atoms with Gasteiger partial charge in [0.2, 0.25) is 0 Å². The topological polar surface area (TPSA) is 132 Å². The van der Waals surface area contributed by atoms with Crippen molar-refractivity contribution >= 4 is 44.9 Å². The van der Waals surface area contributed by atoms with Crippen LogP contribution in [0.15, 0.2) is 174 Å². The molecule has 0 radical (unpaired) electrons. The van der Waals surface area contributed by atoms with Gasteiger partial charge in [0.05, 0.1) is 29.0 Å². The molecule has 1 heterocycles. The molecule has 2 N–H and O–H groups in total. The summed E-state index contributed by atoms with van der Waals surface area (Å²) in [7, 11) is 4.07. The van der Waals surface area contributed by atoms with E-state index in [1.54, 1.807) is 0 Å². The van der Waals surface area contributed by atoms with Crippen molar-refractivity contribution in [1.29, 1.82) is 10.5 Å². The molecule has 0 fully saturated rings.